The van der Waals surface area contributed by atoms with Crippen molar-refractivity contribution in [3.05, 3.63) is 48.4 Å². The molecule has 2 heterocycles. The van der Waals surface area contributed by atoms with Crippen LogP contribution in [0.4, 0.5) is 11.5 Å². The third-order valence-corrected chi connectivity index (χ3v) is 2.47. The van der Waals surface area contributed by atoms with Crippen LogP contribution in [0.25, 0.3) is 0 Å². The third-order valence-electron chi connectivity index (χ3n) is 2.47. The van der Waals surface area contributed by atoms with E-state index in [1.54, 1.807) is 12.4 Å². The van der Waals surface area contributed by atoms with Crippen LogP contribution in [-0.2, 0) is 11.2 Å². The van der Waals surface area contributed by atoms with E-state index in [1.807, 2.05) is 37.3 Å². The smallest absolute Gasteiger partial charge is 0.230 e. The van der Waals surface area contributed by atoms with E-state index >= 15 is 0 Å². The van der Waals surface area contributed by atoms with Crippen LogP contribution in [0, 0.1) is 0 Å². The number of anilines is 2. The van der Waals surface area contributed by atoms with Gasteiger partial charge in [-0.3, -0.25) is 9.78 Å². The number of pyridine rings is 2. The molecule has 0 radical (unpaired) electrons. The highest BCUT2D eigenvalue weighted by atomic mass is 16.1. The lowest BCUT2D eigenvalue weighted by Crippen LogP contribution is -2.15. The Hall–Kier alpha value is -2.43. The molecule has 0 spiro atoms. The summed E-state index contributed by atoms with van der Waals surface area (Å²) < 4.78 is 0. The van der Waals surface area contributed by atoms with Crippen LogP contribution in [0.2, 0.25) is 0 Å². The fraction of sp³-hybridized carbons (Fsp3) is 0.214. The predicted octanol–water partition coefficient (Wildman–Crippen LogP) is 2.09. The second-order valence-corrected chi connectivity index (χ2v) is 4.01. The monoisotopic (exact) mass is 256 g/mol. The minimum atomic E-state index is -0.100. The lowest BCUT2D eigenvalue weighted by atomic mass is 10.2. The maximum atomic E-state index is 11.8. The Labute approximate surface area is 112 Å². The first kappa shape index (κ1) is 13.0. The van der Waals surface area contributed by atoms with Gasteiger partial charge in [0.05, 0.1) is 18.3 Å². The number of rotatable bonds is 5. The van der Waals surface area contributed by atoms with Crippen molar-refractivity contribution in [2.24, 2.45) is 0 Å². The Kier molecular flexibility index (Phi) is 4.44. The summed E-state index contributed by atoms with van der Waals surface area (Å²) in [5.74, 6) is 0.696. The molecule has 2 N–H and O–H groups in total. The summed E-state index contributed by atoms with van der Waals surface area (Å²) in [6.07, 6.45) is 3.57. The largest absolute Gasteiger partial charge is 0.370 e. The van der Waals surface area contributed by atoms with E-state index < -0.39 is 0 Å². The highest BCUT2D eigenvalue weighted by molar-refractivity contribution is 5.91. The normalized spacial score (nSPS) is 9.95. The van der Waals surface area contributed by atoms with Crippen molar-refractivity contribution in [3.63, 3.8) is 0 Å². The number of carbonyl (C=O) groups is 1. The summed E-state index contributed by atoms with van der Waals surface area (Å²) in [6, 6.07) is 9.17. The van der Waals surface area contributed by atoms with Gasteiger partial charge in [-0.1, -0.05) is 6.07 Å². The molecular weight excluding hydrogens is 240 g/mol. The van der Waals surface area contributed by atoms with Crippen molar-refractivity contribution >= 4 is 17.4 Å². The van der Waals surface area contributed by atoms with E-state index in [4.69, 9.17) is 0 Å². The molecule has 2 aromatic rings. The topological polar surface area (TPSA) is 66.9 Å². The van der Waals surface area contributed by atoms with Gasteiger partial charge in [-0.2, -0.15) is 0 Å². The molecule has 0 aliphatic heterocycles. The number of nitrogens with zero attached hydrogens (tertiary/aromatic N) is 2. The van der Waals surface area contributed by atoms with Crippen LogP contribution in [0.5, 0.6) is 0 Å². The zero-order valence-corrected chi connectivity index (χ0v) is 10.8. The summed E-state index contributed by atoms with van der Waals surface area (Å²) >= 11 is 0. The molecule has 5 nitrogen and oxygen atoms in total. The predicted molar refractivity (Wildman–Crippen MR) is 75.0 cm³/mol. The Bertz CT molecular complexity index is 525. The van der Waals surface area contributed by atoms with E-state index in [2.05, 4.69) is 20.6 Å². The van der Waals surface area contributed by atoms with Gasteiger partial charge in [0.15, 0.2) is 0 Å². The zero-order chi connectivity index (χ0) is 13.5. The van der Waals surface area contributed by atoms with E-state index in [0.29, 0.717) is 5.69 Å². The molecule has 0 saturated carbocycles. The molecule has 2 rings (SSSR count). The zero-order valence-electron chi connectivity index (χ0n) is 10.8. The van der Waals surface area contributed by atoms with Gasteiger partial charge in [-0.25, -0.2) is 4.98 Å². The van der Waals surface area contributed by atoms with E-state index in [1.165, 1.54) is 0 Å². The number of hydrogen-bond acceptors (Lipinski definition) is 4. The summed E-state index contributed by atoms with van der Waals surface area (Å²) in [5.41, 5.74) is 1.43. The second kappa shape index (κ2) is 6.49. The standard InChI is InChI=1S/C14H16N4O/c1-2-15-13-7-6-12(10-17-13)18-14(19)9-11-5-3-4-8-16-11/h3-8,10H,2,9H2,1H3,(H,15,17)(H,18,19). The molecule has 1 amide bonds. The Balaban J connectivity index is 1.91. The summed E-state index contributed by atoms with van der Waals surface area (Å²) in [4.78, 5) is 20.1. The van der Waals surface area contributed by atoms with Crippen molar-refractivity contribution in [2.45, 2.75) is 13.3 Å². The first-order chi connectivity index (χ1) is 9.28. The SMILES string of the molecule is CCNc1ccc(NC(=O)Cc2ccccn2)cn1. The first-order valence-corrected chi connectivity index (χ1v) is 6.17. The fourth-order valence-corrected chi connectivity index (χ4v) is 1.63. The van der Waals surface area contributed by atoms with Crippen molar-refractivity contribution in [2.75, 3.05) is 17.2 Å². The van der Waals surface area contributed by atoms with Gasteiger partial charge >= 0.3 is 0 Å². The highest BCUT2D eigenvalue weighted by Crippen LogP contribution is 2.09. The first-order valence-electron chi connectivity index (χ1n) is 6.17. The fourth-order valence-electron chi connectivity index (χ4n) is 1.63. The molecule has 0 atom stereocenters. The number of carbonyl (C=O) groups excluding carboxylic acids is 1. The van der Waals surface area contributed by atoms with Gasteiger partial charge in [0.25, 0.3) is 0 Å². The molecule has 2 aromatic heterocycles. The molecular formula is C14H16N4O. The average Bonchev–Trinajstić information content (AvgIpc) is 2.42. The van der Waals surface area contributed by atoms with E-state index in [-0.39, 0.29) is 12.3 Å². The van der Waals surface area contributed by atoms with Crippen LogP contribution in [0.1, 0.15) is 12.6 Å². The van der Waals surface area contributed by atoms with E-state index in [0.717, 1.165) is 18.1 Å². The summed E-state index contributed by atoms with van der Waals surface area (Å²) in [7, 11) is 0. The molecule has 19 heavy (non-hydrogen) atoms. The lowest BCUT2D eigenvalue weighted by molar-refractivity contribution is -0.115. The molecule has 0 bridgehead atoms. The number of hydrogen-bond donors (Lipinski definition) is 2. The molecule has 0 aliphatic carbocycles. The quantitative estimate of drug-likeness (QED) is 0.859. The van der Waals surface area contributed by atoms with Crippen molar-refractivity contribution < 1.29 is 4.79 Å². The minimum Gasteiger partial charge on any atom is -0.370 e. The number of nitrogens with one attached hydrogen (secondary N) is 2. The van der Waals surface area contributed by atoms with Gasteiger partial charge < -0.3 is 10.6 Å². The molecule has 5 heteroatoms. The van der Waals surface area contributed by atoms with Gasteiger partial charge in [0, 0.05) is 18.4 Å². The Morgan fingerprint density at radius 1 is 1.21 bits per heavy atom. The van der Waals surface area contributed by atoms with Crippen LogP contribution < -0.4 is 10.6 Å². The van der Waals surface area contributed by atoms with E-state index in [9.17, 15) is 4.79 Å². The molecule has 0 unspecified atom stereocenters. The average molecular weight is 256 g/mol. The minimum absolute atomic E-state index is 0.100. The molecule has 98 valence electrons. The maximum absolute atomic E-state index is 11.8. The molecule has 0 saturated heterocycles. The second-order valence-electron chi connectivity index (χ2n) is 4.01. The van der Waals surface area contributed by atoms with Crippen molar-refractivity contribution in [3.8, 4) is 0 Å². The Morgan fingerprint density at radius 3 is 2.74 bits per heavy atom. The summed E-state index contributed by atoms with van der Waals surface area (Å²) in [5, 5.41) is 5.88. The molecule has 0 aliphatic rings. The van der Waals surface area contributed by atoms with Crippen LogP contribution in [-0.4, -0.2) is 22.4 Å². The number of amides is 1. The summed E-state index contributed by atoms with van der Waals surface area (Å²) in [6.45, 7) is 2.82. The Morgan fingerprint density at radius 2 is 2.11 bits per heavy atom. The van der Waals surface area contributed by atoms with Crippen LogP contribution in [0.15, 0.2) is 42.7 Å². The van der Waals surface area contributed by atoms with Gasteiger partial charge in [0.1, 0.15) is 5.82 Å². The lowest BCUT2D eigenvalue weighted by Gasteiger charge is -2.06. The molecule has 0 aromatic carbocycles. The highest BCUT2D eigenvalue weighted by Gasteiger charge is 2.05. The van der Waals surface area contributed by atoms with Crippen LogP contribution in [0.3, 0.4) is 0 Å². The third kappa shape index (κ3) is 4.06. The van der Waals surface area contributed by atoms with Crippen LogP contribution >= 0.6 is 0 Å². The number of aromatic nitrogens is 2. The molecule has 0 fully saturated rings. The van der Waals surface area contributed by atoms with Gasteiger partial charge in [-0.05, 0) is 31.2 Å². The maximum Gasteiger partial charge on any atom is 0.230 e. The van der Waals surface area contributed by atoms with Gasteiger partial charge in [-0.15, -0.1) is 0 Å². The van der Waals surface area contributed by atoms with Crippen molar-refractivity contribution in [1.82, 2.24) is 9.97 Å². The van der Waals surface area contributed by atoms with Crippen molar-refractivity contribution in [1.29, 1.82) is 0 Å². The van der Waals surface area contributed by atoms with Gasteiger partial charge in [0.2, 0.25) is 5.91 Å².